The summed E-state index contributed by atoms with van der Waals surface area (Å²) < 4.78 is 0. The average Bonchev–Trinajstić information content (AvgIpc) is 1.86. The maximum absolute atomic E-state index is 5.66. The molecule has 1 heterocycles. The van der Waals surface area contributed by atoms with Gasteiger partial charge in [0.2, 0.25) is 0 Å². The fourth-order valence-corrected chi connectivity index (χ4v) is 1.04. The molecule has 2 heteroatoms. The Morgan fingerprint density at radius 2 is 2.09 bits per heavy atom. The van der Waals surface area contributed by atoms with E-state index in [-0.39, 0.29) is 5.41 Å². The van der Waals surface area contributed by atoms with Crippen LogP contribution in [0.1, 0.15) is 20.8 Å². The first kappa shape index (κ1) is 8.18. The monoisotopic (exact) mass is 152 g/mol. The Bertz CT molecular complexity index is 196. The van der Waals surface area contributed by atoms with Crippen LogP contribution in [-0.4, -0.2) is 6.04 Å². The van der Waals surface area contributed by atoms with Crippen LogP contribution in [0, 0.1) is 5.41 Å². The van der Waals surface area contributed by atoms with E-state index in [0.717, 1.165) is 5.70 Å². The Kier molecular flexibility index (Phi) is 1.94. The molecule has 0 spiro atoms. The summed E-state index contributed by atoms with van der Waals surface area (Å²) in [5.74, 6) is 0. The first-order valence-electron chi connectivity index (χ1n) is 3.90. The number of allylic oxidation sites excluding steroid dienone is 1. The summed E-state index contributed by atoms with van der Waals surface area (Å²) in [5, 5.41) is 3.25. The lowest BCUT2D eigenvalue weighted by Crippen LogP contribution is -2.37. The van der Waals surface area contributed by atoms with Crippen molar-refractivity contribution in [2.45, 2.75) is 26.8 Å². The lowest BCUT2D eigenvalue weighted by atomic mass is 9.85. The van der Waals surface area contributed by atoms with Gasteiger partial charge in [0.1, 0.15) is 0 Å². The first-order chi connectivity index (χ1) is 5.00. The quantitative estimate of drug-likeness (QED) is 0.550. The van der Waals surface area contributed by atoms with Crippen molar-refractivity contribution in [3.8, 4) is 0 Å². The lowest BCUT2D eigenvalue weighted by molar-refractivity contribution is 0.333. The van der Waals surface area contributed by atoms with Crippen LogP contribution in [0.4, 0.5) is 0 Å². The first-order valence-corrected chi connectivity index (χ1v) is 3.90. The molecule has 0 saturated carbocycles. The summed E-state index contributed by atoms with van der Waals surface area (Å²) in [6, 6.07) is 0.354. The molecule has 0 fully saturated rings. The van der Waals surface area contributed by atoms with Gasteiger partial charge in [-0.15, -0.1) is 0 Å². The van der Waals surface area contributed by atoms with Crippen molar-refractivity contribution in [2.75, 3.05) is 0 Å². The summed E-state index contributed by atoms with van der Waals surface area (Å²) in [6.45, 7) is 6.56. The van der Waals surface area contributed by atoms with Crippen molar-refractivity contribution in [1.29, 1.82) is 0 Å². The number of dihydropyridines is 1. The normalized spacial score (nSPS) is 24.3. The van der Waals surface area contributed by atoms with Crippen LogP contribution in [0.5, 0.6) is 0 Å². The van der Waals surface area contributed by atoms with Crippen molar-refractivity contribution in [1.82, 2.24) is 5.32 Å². The van der Waals surface area contributed by atoms with Crippen LogP contribution in [0.3, 0.4) is 0 Å². The highest BCUT2D eigenvalue weighted by molar-refractivity contribution is 5.22. The number of hydrogen-bond acceptors (Lipinski definition) is 2. The third-order valence-electron chi connectivity index (χ3n) is 1.84. The molecule has 0 aromatic rings. The predicted molar refractivity (Wildman–Crippen MR) is 47.8 cm³/mol. The fraction of sp³-hybridized carbons (Fsp3) is 0.556. The highest BCUT2D eigenvalue weighted by Gasteiger charge is 2.22. The third kappa shape index (κ3) is 2.00. The molecule has 62 valence electrons. The molecule has 1 unspecified atom stereocenters. The van der Waals surface area contributed by atoms with Gasteiger partial charge in [0.15, 0.2) is 0 Å². The van der Waals surface area contributed by atoms with Gasteiger partial charge in [-0.2, -0.15) is 0 Å². The summed E-state index contributed by atoms with van der Waals surface area (Å²) in [5.41, 5.74) is 6.74. The van der Waals surface area contributed by atoms with Crippen molar-refractivity contribution >= 4 is 0 Å². The highest BCUT2D eigenvalue weighted by Crippen LogP contribution is 2.22. The summed E-state index contributed by atoms with van der Waals surface area (Å²) in [6.07, 6.45) is 5.84. The zero-order valence-corrected chi connectivity index (χ0v) is 7.39. The highest BCUT2D eigenvalue weighted by atomic mass is 14.9. The van der Waals surface area contributed by atoms with Crippen LogP contribution in [0.15, 0.2) is 24.0 Å². The Labute approximate surface area is 68.2 Å². The van der Waals surface area contributed by atoms with Crippen LogP contribution in [0.2, 0.25) is 0 Å². The molecule has 0 radical (unpaired) electrons. The van der Waals surface area contributed by atoms with Gasteiger partial charge < -0.3 is 11.1 Å². The molecule has 1 aliphatic heterocycles. The van der Waals surface area contributed by atoms with Crippen molar-refractivity contribution < 1.29 is 0 Å². The maximum Gasteiger partial charge on any atom is 0.0509 e. The molecular formula is C9H16N2. The van der Waals surface area contributed by atoms with E-state index < -0.39 is 0 Å². The molecule has 1 aliphatic rings. The summed E-state index contributed by atoms with van der Waals surface area (Å²) in [4.78, 5) is 0. The SMILES string of the molecule is CC(C)(C)C1C=C(N)C=CN1. The Morgan fingerprint density at radius 1 is 1.45 bits per heavy atom. The van der Waals surface area contributed by atoms with Crippen LogP contribution in [-0.2, 0) is 0 Å². The topological polar surface area (TPSA) is 38.0 Å². The van der Waals surface area contributed by atoms with Crippen molar-refractivity contribution in [3.05, 3.63) is 24.0 Å². The van der Waals surface area contributed by atoms with Gasteiger partial charge in [-0.1, -0.05) is 20.8 Å². The smallest absolute Gasteiger partial charge is 0.0509 e. The molecule has 2 nitrogen and oxygen atoms in total. The number of rotatable bonds is 0. The molecule has 3 N–H and O–H groups in total. The van der Waals surface area contributed by atoms with Gasteiger partial charge in [0.25, 0.3) is 0 Å². The van der Waals surface area contributed by atoms with E-state index in [1.807, 2.05) is 12.3 Å². The van der Waals surface area contributed by atoms with Gasteiger partial charge in [-0.25, -0.2) is 0 Å². The average molecular weight is 152 g/mol. The minimum Gasteiger partial charge on any atom is -0.399 e. The van der Waals surface area contributed by atoms with E-state index in [4.69, 9.17) is 5.73 Å². The Morgan fingerprint density at radius 3 is 2.45 bits per heavy atom. The maximum atomic E-state index is 5.66. The van der Waals surface area contributed by atoms with Crippen LogP contribution >= 0.6 is 0 Å². The molecule has 1 atom stereocenters. The second-order valence-corrected chi connectivity index (χ2v) is 4.01. The molecule has 11 heavy (non-hydrogen) atoms. The van der Waals surface area contributed by atoms with E-state index in [0.29, 0.717) is 6.04 Å². The zero-order valence-electron chi connectivity index (χ0n) is 7.39. The van der Waals surface area contributed by atoms with Crippen molar-refractivity contribution in [2.24, 2.45) is 11.1 Å². The molecule has 0 aromatic heterocycles. The number of hydrogen-bond donors (Lipinski definition) is 2. The minimum absolute atomic E-state index is 0.232. The van der Waals surface area contributed by atoms with Crippen molar-refractivity contribution in [3.63, 3.8) is 0 Å². The van der Waals surface area contributed by atoms with E-state index in [2.05, 4.69) is 32.2 Å². The minimum atomic E-state index is 0.232. The van der Waals surface area contributed by atoms with Gasteiger partial charge in [0.05, 0.1) is 6.04 Å². The van der Waals surface area contributed by atoms with Crippen LogP contribution in [0.25, 0.3) is 0 Å². The Balaban J connectivity index is 2.71. The van der Waals surface area contributed by atoms with Crippen LogP contribution < -0.4 is 11.1 Å². The second-order valence-electron chi connectivity index (χ2n) is 4.01. The molecule has 0 aliphatic carbocycles. The third-order valence-corrected chi connectivity index (χ3v) is 1.84. The zero-order chi connectivity index (χ0) is 8.48. The van der Waals surface area contributed by atoms with E-state index >= 15 is 0 Å². The molecule has 0 amide bonds. The summed E-state index contributed by atoms with van der Waals surface area (Å²) in [7, 11) is 0. The molecule has 1 rings (SSSR count). The molecule has 0 saturated heterocycles. The fourth-order valence-electron chi connectivity index (χ4n) is 1.04. The van der Waals surface area contributed by atoms with Gasteiger partial charge in [-0.3, -0.25) is 0 Å². The largest absolute Gasteiger partial charge is 0.399 e. The van der Waals surface area contributed by atoms with Gasteiger partial charge >= 0.3 is 0 Å². The number of nitrogens with two attached hydrogens (primary N) is 1. The Hall–Kier alpha value is -0.920. The van der Waals surface area contributed by atoms with E-state index in [9.17, 15) is 0 Å². The van der Waals surface area contributed by atoms with E-state index in [1.54, 1.807) is 0 Å². The molecule has 0 bridgehead atoms. The standard InChI is InChI=1S/C9H16N2/c1-9(2,3)8-6-7(10)4-5-11-8/h4-6,8,11H,10H2,1-3H3. The number of nitrogens with one attached hydrogen (secondary N) is 1. The van der Waals surface area contributed by atoms with Gasteiger partial charge in [-0.05, 0) is 23.8 Å². The summed E-state index contributed by atoms with van der Waals surface area (Å²) >= 11 is 0. The lowest BCUT2D eigenvalue weighted by Gasteiger charge is -2.30. The second kappa shape index (κ2) is 2.61. The molecular weight excluding hydrogens is 136 g/mol. The predicted octanol–water partition coefficient (Wildman–Crippen LogP) is 1.36. The molecule has 0 aromatic carbocycles. The van der Waals surface area contributed by atoms with Gasteiger partial charge in [0, 0.05) is 5.70 Å². The van der Waals surface area contributed by atoms with E-state index in [1.165, 1.54) is 0 Å².